The zero-order valence-electron chi connectivity index (χ0n) is 7.91. The summed E-state index contributed by atoms with van der Waals surface area (Å²) in [6.45, 7) is 0. The molecule has 1 aromatic rings. The molecule has 0 fully saturated rings. The number of halogens is 2. The van der Waals surface area contributed by atoms with Gasteiger partial charge in [0.1, 0.15) is 0 Å². The molecule has 0 bridgehead atoms. The summed E-state index contributed by atoms with van der Waals surface area (Å²) < 4.78 is 1.84. The zero-order valence-corrected chi connectivity index (χ0v) is 11.1. The van der Waals surface area contributed by atoms with Crippen molar-refractivity contribution >= 4 is 37.8 Å². The van der Waals surface area contributed by atoms with Crippen LogP contribution in [0.15, 0.2) is 27.1 Å². The highest BCUT2D eigenvalue weighted by Gasteiger charge is 2.11. The number of carboxylic acids is 1. The summed E-state index contributed by atoms with van der Waals surface area (Å²) in [7, 11) is 0. The minimum absolute atomic E-state index is 0.0835. The van der Waals surface area contributed by atoms with Gasteiger partial charge < -0.3 is 10.8 Å². The van der Waals surface area contributed by atoms with Gasteiger partial charge in [0, 0.05) is 21.4 Å². The van der Waals surface area contributed by atoms with Crippen molar-refractivity contribution < 1.29 is 9.90 Å². The minimum Gasteiger partial charge on any atom is -0.481 e. The highest BCUT2D eigenvalue weighted by atomic mass is 79.9. The molecular weight excluding hydrogens is 326 g/mol. The molecule has 15 heavy (non-hydrogen) atoms. The van der Waals surface area contributed by atoms with E-state index >= 15 is 0 Å². The van der Waals surface area contributed by atoms with E-state index in [4.69, 9.17) is 10.8 Å². The third-order valence-corrected chi connectivity index (χ3v) is 3.24. The maximum absolute atomic E-state index is 10.4. The van der Waals surface area contributed by atoms with E-state index in [9.17, 15) is 4.79 Å². The second-order valence-corrected chi connectivity index (χ2v) is 4.97. The number of benzene rings is 1. The Hall–Kier alpha value is -0.390. The van der Waals surface area contributed by atoms with E-state index in [1.165, 1.54) is 0 Å². The lowest BCUT2D eigenvalue weighted by Crippen LogP contribution is -2.12. The molecule has 3 nitrogen and oxygen atoms in total. The molecule has 1 aromatic carbocycles. The van der Waals surface area contributed by atoms with Gasteiger partial charge in [-0.2, -0.15) is 0 Å². The maximum Gasteiger partial charge on any atom is 0.303 e. The van der Waals surface area contributed by atoms with Crippen LogP contribution in [0.4, 0.5) is 0 Å². The lowest BCUT2D eigenvalue weighted by atomic mass is 10.0. The average molecular weight is 337 g/mol. The molecule has 0 aliphatic heterocycles. The average Bonchev–Trinajstić information content (AvgIpc) is 2.18. The second kappa shape index (κ2) is 5.63. The van der Waals surface area contributed by atoms with E-state index in [1.54, 1.807) is 0 Å². The monoisotopic (exact) mass is 335 g/mol. The van der Waals surface area contributed by atoms with Crippen LogP contribution in [0.25, 0.3) is 0 Å². The SMILES string of the molecule is NC(CCC(=O)O)c1cc(Br)ccc1Br. The lowest BCUT2D eigenvalue weighted by Gasteiger charge is -2.13. The Labute approximate surface area is 105 Å². The van der Waals surface area contributed by atoms with Crippen LogP contribution in [0, 0.1) is 0 Å². The molecule has 82 valence electrons. The van der Waals surface area contributed by atoms with Gasteiger partial charge in [0.25, 0.3) is 0 Å². The summed E-state index contributed by atoms with van der Waals surface area (Å²) in [5.74, 6) is -0.823. The van der Waals surface area contributed by atoms with Crippen LogP contribution in [0.5, 0.6) is 0 Å². The fraction of sp³-hybridized carbons (Fsp3) is 0.300. The first kappa shape index (κ1) is 12.7. The fourth-order valence-electron chi connectivity index (χ4n) is 1.23. The van der Waals surface area contributed by atoms with Crippen molar-refractivity contribution in [3.05, 3.63) is 32.7 Å². The fourth-order valence-corrected chi connectivity index (χ4v) is 2.15. The molecule has 1 unspecified atom stereocenters. The van der Waals surface area contributed by atoms with Crippen molar-refractivity contribution in [2.75, 3.05) is 0 Å². The molecule has 0 radical (unpaired) electrons. The molecule has 1 atom stereocenters. The van der Waals surface area contributed by atoms with Gasteiger partial charge in [0.2, 0.25) is 0 Å². The molecule has 0 aromatic heterocycles. The molecule has 0 amide bonds. The first-order valence-electron chi connectivity index (χ1n) is 4.43. The maximum atomic E-state index is 10.4. The summed E-state index contributed by atoms with van der Waals surface area (Å²) in [4.78, 5) is 10.4. The Morgan fingerprint density at radius 3 is 2.73 bits per heavy atom. The van der Waals surface area contributed by atoms with E-state index in [2.05, 4.69) is 31.9 Å². The first-order chi connectivity index (χ1) is 7.00. The third kappa shape index (κ3) is 3.93. The molecule has 0 heterocycles. The number of aliphatic carboxylic acids is 1. The van der Waals surface area contributed by atoms with E-state index in [0.29, 0.717) is 6.42 Å². The van der Waals surface area contributed by atoms with Gasteiger partial charge in [0.15, 0.2) is 0 Å². The van der Waals surface area contributed by atoms with Crippen molar-refractivity contribution in [2.24, 2.45) is 5.73 Å². The molecule has 0 saturated carbocycles. The number of rotatable bonds is 4. The summed E-state index contributed by atoms with van der Waals surface area (Å²) in [6.07, 6.45) is 0.518. The van der Waals surface area contributed by atoms with Gasteiger partial charge in [-0.05, 0) is 30.2 Å². The van der Waals surface area contributed by atoms with Gasteiger partial charge in [-0.3, -0.25) is 4.79 Å². The van der Waals surface area contributed by atoms with Crippen LogP contribution in [-0.2, 0) is 4.79 Å². The Morgan fingerprint density at radius 1 is 1.47 bits per heavy atom. The van der Waals surface area contributed by atoms with Crippen LogP contribution in [0.3, 0.4) is 0 Å². The molecular formula is C10H11Br2NO2. The molecule has 0 aliphatic carbocycles. The van der Waals surface area contributed by atoms with Gasteiger partial charge >= 0.3 is 5.97 Å². The topological polar surface area (TPSA) is 63.3 Å². The van der Waals surface area contributed by atoms with Gasteiger partial charge in [-0.25, -0.2) is 0 Å². The van der Waals surface area contributed by atoms with E-state index in [-0.39, 0.29) is 12.5 Å². The molecule has 3 N–H and O–H groups in total. The Bertz CT molecular complexity index is 368. The molecule has 1 rings (SSSR count). The summed E-state index contributed by atoms with van der Waals surface area (Å²) in [5, 5.41) is 8.56. The quantitative estimate of drug-likeness (QED) is 0.888. The third-order valence-electron chi connectivity index (χ3n) is 2.03. The Balaban J connectivity index is 2.76. The smallest absolute Gasteiger partial charge is 0.303 e. The predicted octanol–water partition coefficient (Wildman–Crippen LogP) is 3.08. The molecule has 0 saturated heterocycles. The van der Waals surface area contributed by atoms with Crippen LogP contribution in [0.2, 0.25) is 0 Å². The van der Waals surface area contributed by atoms with E-state index < -0.39 is 5.97 Å². The number of carbonyl (C=O) groups is 1. The van der Waals surface area contributed by atoms with Crippen molar-refractivity contribution in [1.82, 2.24) is 0 Å². The van der Waals surface area contributed by atoms with E-state index in [0.717, 1.165) is 14.5 Å². The molecule has 0 aliphatic rings. The standard InChI is InChI=1S/C10H11Br2NO2/c11-6-1-2-8(12)7(5-6)9(13)3-4-10(14)15/h1-2,5,9H,3-4,13H2,(H,14,15). The van der Waals surface area contributed by atoms with Crippen LogP contribution in [-0.4, -0.2) is 11.1 Å². The minimum atomic E-state index is -0.823. The van der Waals surface area contributed by atoms with Crippen molar-refractivity contribution in [2.45, 2.75) is 18.9 Å². The van der Waals surface area contributed by atoms with Gasteiger partial charge in [-0.15, -0.1) is 0 Å². The van der Waals surface area contributed by atoms with Crippen LogP contribution >= 0.6 is 31.9 Å². The first-order valence-corrected chi connectivity index (χ1v) is 6.01. The highest BCUT2D eigenvalue weighted by molar-refractivity contribution is 9.11. The zero-order chi connectivity index (χ0) is 11.4. The number of hydrogen-bond acceptors (Lipinski definition) is 2. The van der Waals surface area contributed by atoms with Crippen LogP contribution in [0.1, 0.15) is 24.4 Å². The molecule has 0 spiro atoms. The second-order valence-electron chi connectivity index (χ2n) is 3.20. The summed E-state index contributed by atoms with van der Waals surface area (Å²) in [5.41, 5.74) is 6.82. The Morgan fingerprint density at radius 2 is 2.13 bits per heavy atom. The number of nitrogens with two attached hydrogens (primary N) is 1. The predicted molar refractivity (Wildman–Crippen MR) is 65.6 cm³/mol. The highest BCUT2D eigenvalue weighted by Crippen LogP contribution is 2.27. The normalized spacial score (nSPS) is 12.5. The van der Waals surface area contributed by atoms with Crippen molar-refractivity contribution in [3.63, 3.8) is 0 Å². The van der Waals surface area contributed by atoms with Crippen molar-refractivity contribution in [3.8, 4) is 0 Å². The lowest BCUT2D eigenvalue weighted by molar-refractivity contribution is -0.137. The van der Waals surface area contributed by atoms with Crippen molar-refractivity contribution in [1.29, 1.82) is 0 Å². The van der Waals surface area contributed by atoms with E-state index in [1.807, 2.05) is 18.2 Å². The van der Waals surface area contributed by atoms with Crippen LogP contribution < -0.4 is 5.73 Å². The molecule has 5 heteroatoms. The summed E-state index contributed by atoms with van der Waals surface area (Å²) >= 11 is 6.74. The number of hydrogen-bond donors (Lipinski definition) is 2. The number of carboxylic acid groups (broad SMARTS) is 1. The largest absolute Gasteiger partial charge is 0.481 e. The Kier molecular flexibility index (Phi) is 4.76. The van der Waals surface area contributed by atoms with Gasteiger partial charge in [0.05, 0.1) is 0 Å². The van der Waals surface area contributed by atoms with Gasteiger partial charge in [-0.1, -0.05) is 31.9 Å². The summed E-state index contributed by atoms with van der Waals surface area (Å²) in [6, 6.07) is 5.43.